The molecule has 0 amide bonds. The average Bonchev–Trinajstić information content (AvgIpc) is 3.57. The lowest BCUT2D eigenvalue weighted by Crippen LogP contribution is -2.07. The second kappa shape index (κ2) is 9.87. The van der Waals surface area contributed by atoms with Crippen molar-refractivity contribution in [2.75, 3.05) is 20.8 Å². The van der Waals surface area contributed by atoms with Crippen molar-refractivity contribution < 1.29 is 19.0 Å². The van der Waals surface area contributed by atoms with Crippen LogP contribution in [0.25, 0.3) is 28.1 Å². The summed E-state index contributed by atoms with van der Waals surface area (Å²) in [5.74, 6) is 0.973. The van der Waals surface area contributed by atoms with Crippen molar-refractivity contribution in [3.63, 3.8) is 0 Å². The van der Waals surface area contributed by atoms with Crippen LogP contribution in [0.1, 0.15) is 22.8 Å². The van der Waals surface area contributed by atoms with Gasteiger partial charge in [-0.3, -0.25) is 4.68 Å². The first kappa shape index (κ1) is 23.0. The van der Waals surface area contributed by atoms with Gasteiger partial charge in [0.1, 0.15) is 16.8 Å². The van der Waals surface area contributed by atoms with Crippen LogP contribution in [0, 0.1) is 0 Å². The SMILES string of the molecule is CCOC(=O)c1cnn(-c2nc(OC)c3c(cnn3Cc3cccc(-c4ccc(OC)cc4)c3)n2)c1. The minimum atomic E-state index is -0.457. The zero-order valence-electron chi connectivity index (χ0n) is 20.1. The summed E-state index contributed by atoms with van der Waals surface area (Å²) in [7, 11) is 3.20. The van der Waals surface area contributed by atoms with Crippen molar-refractivity contribution >= 4 is 17.0 Å². The largest absolute Gasteiger partial charge is 0.497 e. The number of nitrogens with zero attached hydrogens (tertiary/aromatic N) is 6. The Kier molecular flexibility index (Phi) is 6.31. The van der Waals surface area contributed by atoms with E-state index in [2.05, 4.69) is 32.3 Å². The first-order valence-corrected chi connectivity index (χ1v) is 11.3. The minimum absolute atomic E-state index is 0.260. The van der Waals surface area contributed by atoms with Gasteiger partial charge in [0.2, 0.25) is 5.88 Å². The summed E-state index contributed by atoms with van der Waals surface area (Å²) in [6, 6.07) is 16.2. The van der Waals surface area contributed by atoms with E-state index in [0.717, 1.165) is 22.4 Å². The van der Waals surface area contributed by atoms with Gasteiger partial charge in [-0.15, -0.1) is 0 Å². The van der Waals surface area contributed by atoms with Gasteiger partial charge in [0.25, 0.3) is 5.95 Å². The molecule has 5 aromatic rings. The molecule has 2 aromatic carbocycles. The van der Waals surface area contributed by atoms with E-state index in [0.29, 0.717) is 29.0 Å². The summed E-state index contributed by atoms with van der Waals surface area (Å²) in [6.07, 6.45) is 4.59. The number of benzene rings is 2. The Bertz CT molecular complexity index is 1520. The third kappa shape index (κ3) is 4.48. The highest BCUT2D eigenvalue weighted by Gasteiger charge is 2.18. The van der Waals surface area contributed by atoms with E-state index in [1.165, 1.54) is 17.1 Å². The van der Waals surface area contributed by atoms with Gasteiger partial charge >= 0.3 is 5.97 Å². The predicted molar refractivity (Wildman–Crippen MR) is 132 cm³/mol. The molecule has 0 atom stereocenters. The molecule has 0 bridgehead atoms. The number of rotatable bonds is 8. The summed E-state index contributed by atoms with van der Waals surface area (Å²) in [4.78, 5) is 21.1. The summed E-state index contributed by atoms with van der Waals surface area (Å²) in [6.45, 7) is 2.53. The molecule has 10 heteroatoms. The van der Waals surface area contributed by atoms with Crippen LogP contribution in [0.15, 0.2) is 67.1 Å². The van der Waals surface area contributed by atoms with Crippen molar-refractivity contribution in [3.8, 4) is 28.7 Å². The fraction of sp³-hybridized carbons (Fsp3) is 0.192. The van der Waals surface area contributed by atoms with Gasteiger partial charge in [-0.05, 0) is 41.8 Å². The summed E-state index contributed by atoms with van der Waals surface area (Å²) < 4.78 is 19.1. The van der Waals surface area contributed by atoms with Crippen molar-refractivity contribution in [2.45, 2.75) is 13.5 Å². The Morgan fingerprint density at radius 1 is 0.944 bits per heavy atom. The normalized spacial score (nSPS) is 11.0. The molecule has 5 rings (SSSR count). The maximum absolute atomic E-state index is 12.0. The molecule has 0 fully saturated rings. The molecule has 0 saturated heterocycles. The molecule has 3 heterocycles. The molecule has 0 aliphatic heterocycles. The van der Waals surface area contributed by atoms with E-state index in [9.17, 15) is 4.79 Å². The van der Waals surface area contributed by atoms with Crippen LogP contribution in [0.3, 0.4) is 0 Å². The standard InChI is InChI=1S/C26H24N6O4/c1-4-36-25(33)20-13-27-32(16-20)26-29-22-14-28-31(23(22)24(30-26)35-3)15-17-6-5-7-19(12-17)18-8-10-21(34-2)11-9-18/h5-14,16H,4,15H2,1-3H3. The third-order valence-electron chi connectivity index (χ3n) is 5.62. The monoisotopic (exact) mass is 484 g/mol. The lowest BCUT2D eigenvalue weighted by atomic mass is 10.0. The minimum Gasteiger partial charge on any atom is -0.497 e. The van der Waals surface area contributed by atoms with Crippen LogP contribution in [0.5, 0.6) is 11.6 Å². The first-order valence-electron chi connectivity index (χ1n) is 11.3. The van der Waals surface area contributed by atoms with E-state index in [4.69, 9.17) is 14.2 Å². The highest BCUT2D eigenvalue weighted by molar-refractivity contribution is 5.88. The van der Waals surface area contributed by atoms with Crippen molar-refractivity contribution in [3.05, 3.63) is 78.2 Å². The molecule has 3 aromatic heterocycles. The van der Waals surface area contributed by atoms with Gasteiger partial charge in [0.05, 0.1) is 45.3 Å². The Labute approximate surface area is 207 Å². The fourth-order valence-corrected chi connectivity index (χ4v) is 3.88. The Balaban J connectivity index is 1.45. The third-order valence-corrected chi connectivity index (χ3v) is 5.62. The van der Waals surface area contributed by atoms with Crippen molar-refractivity contribution in [1.82, 2.24) is 29.5 Å². The van der Waals surface area contributed by atoms with Gasteiger partial charge in [-0.25, -0.2) is 14.5 Å². The Morgan fingerprint density at radius 2 is 1.78 bits per heavy atom. The zero-order valence-corrected chi connectivity index (χ0v) is 20.1. The van der Waals surface area contributed by atoms with Crippen LogP contribution in [-0.4, -0.2) is 56.3 Å². The molecular weight excluding hydrogens is 460 g/mol. The average molecular weight is 485 g/mol. The molecule has 0 N–H and O–H groups in total. The van der Waals surface area contributed by atoms with E-state index in [1.807, 2.05) is 36.4 Å². The van der Waals surface area contributed by atoms with Crippen LogP contribution >= 0.6 is 0 Å². The summed E-state index contributed by atoms with van der Waals surface area (Å²) >= 11 is 0. The first-order chi connectivity index (χ1) is 17.6. The zero-order chi connectivity index (χ0) is 25.1. The van der Waals surface area contributed by atoms with Crippen LogP contribution in [0.2, 0.25) is 0 Å². The van der Waals surface area contributed by atoms with Gasteiger partial charge in [0, 0.05) is 6.20 Å². The molecule has 0 aliphatic carbocycles. The molecule has 36 heavy (non-hydrogen) atoms. The highest BCUT2D eigenvalue weighted by atomic mass is 16.5. The number of methoxy groups -OCH3 is 2. The quantitative estimate of drug-likeness (QED) is 0.305. The molecule has 182 valence electrons. The number of hydrogen-bond acceptors (Lipinski definition) is 8. The molecule has 0 aliphatic rings. The second-order valence-electron chi connectivity index (χ2n) is 7.89. The topological polar surface area (TPSA) is 106 Å². The maximum atomic E-state index is 12.0. The smallest absolute Gasteiger partial charge is 0.341 e. The molecular formula is C26H24N6O4. The number of fused-ring (bicyclic) bond motifs is 1. The number of aromatic nitrogens is 6. The van der Waals surface area contributed by atoms with Crippen molar-refractivity contribution in [2.24, 2.45) is 0 Å². The van der Waals surface area contributed by atoms with Crippen molar-refractivity contribution in [1.29, 1.82) is 0 Å². The number of hydrogen-bond donors (Lipinski definition) is 0. The van der Waals surface area contributed by atoms with Crippen LogP contribution in [-0.2, 0) is 11.3 Å². The summed E-state index contributed by atoms with van der Waals surface area (Å²) in [5.41, 5.74) is 4.81. The highest BCUT2D eigenvalue weighted by Crippen LogP contribution is 2.26. The van der Waals surface area contributed by atoms with Gasteiger partial charge < -0.3 is 14.2 Å². The van der Waals surface area contributed by atoms with E-state index < -0.39 is 5.97 Å². The van der Waals surface area contributed by atoms with E-state index >= 15 is 0 Å². The Morgan fingerprint density at radius 3 is 2.53 bits per heavy atom. The lowest BCUT2D eigenvalue weighted by Gasteiger charge is -2.10. The molecule has 0 spiro atoms. The second-order valence-corrected chi connectivity index (χ2v) is 7.89. The van der Waals surface area contributed by atoms with Gasteiger partial charge in [-0.2, -0.15) is 15.2 Å². The molecule has 0 saturated carbocycles. The number of ether oxygens (including phenoxy) is 3. The maximum Gasteiger partial charge on any atom is 0.341 e. The van der Waals surface area contributed by atoms with E-state index in [1.54, 1.807) is 32.0 Å². The predicted octanol–water partition coefficient (Wildman–Crippen LogP) is 3.92. The molecule has 0 unspecified atom stereocenters. The fourth-order valence-electron chi connectivity index (χ4n) is 3.88. The van der Waals surface area contributed by atoms with Gasteiger partial charge in [-0.1, -0.05) is 30.3 Å². The lowest BCUT2D eigenvalue weighted by molar-refractivity contribution is 0.0526. The number of esters is 1. The number of carbonyl (C=O) groups is 1. The summed E-state index contributed by atoms with van der Waals surface area (Å²) in [5, 5.41) is 8.73. The Hall–Kier alpha value is -4.73. The number of carbonyl (C=O) groups excluding carboxylic acids is 1. The molecule has 0 radical (unpaired) electrons. The van der Waals surface area contributed by atoms with Crippen LogP contribution in [0.4, 0.5) is 0 Å². The van der Waals surface area contributed by atoms with Gasteiger partial charge in [0.15, 0.2) is 0 Å². The van der Waals surface area contributed by atoms with Crippen LogP contribution < -0.4 is 9.47 Å². The molecule has 10 nitrogen and oxygen atoms in total. The van der Waals surface area contributed by atoms with E-state index in [-0.39, 0.29) is 12.6 Å².